The summed E-state index contributed by atoms with van der Waals surface area (Å²) >= 11 is 0. The smallest absolute Gasteiger partial charge is 0.137 e. The second kappa shape index (κ2) is 5.10. The lowest BCUT2D eigenvalue weighted by Gasteiger charge is -2.30. The first kappa shape index (κ1) is 12.9. The molecule has 0 unspecified atom stereocenters. The standard InChI is InChI=1S/C17H16N2O/c18-9-12(10-19)17-13-5-1-2-6-15(17)14-7-3-4-11(13)8-16(14)20/h1-2,5-6,11,13-15H,3-4,7-8H2/t11-,13-,14-,15+/m1/s1. The van der Waals surface area contributed by atoms with Gasteiger partial charge >= 0.3 is 0 Å². The largest absolute Gasteiger partial charge is 0.299 e. The molecule has 3 aliphatic rings. The molecule has 0 heterocycles. The van der Waals surface area contributed by atoms with E-state index in [1.54, 1.807) is 0 Å². The number of allylic oxidation sites excluding steroid dienone is 6. The van der Waals surface area contributed by atoms with Gasteiger partial charge in [0.1, 0.15) is 23.5 Å². The summed E-state index contributed by atoms with van der Waals surface area (Å²) in [5.41, 5.74) is 1.10. The average Bonchev–Trinajstić information content (AvgIpc) is 2.81. The molecule has 0 aromatic rings. The van der Waals surface area contributed by atoms with Crippen LogP contribution < -0.4 is 0 Å². The third kappa shape index (κ3) is 1.91. The summed E-state index contributed by atoms with van der Waals surface area (Å²) in [6.45, 7) is 0. The number of nitrogens with zero attached hydrogens (tertiary/aromatic N) is 2. The van der Waals surface area contributed by atoms with Crippen LogP contribution in [0.3, 0.4) is 0 Å². The molecule has 2 saturated carbocycles. The van der Waals surface area contributed by atoms with Crippen LogP contribution >= 0.6 is 0 Å². The molecule has 20 heavy (non-hydrogen) atoms. The third-order valence-electron chi connectivity index (χ3n) is 4.89. The maximum Gasteiger partial charge on any atom is 0.137 e. The van der Waals surface area contributed by atoms with Crippen LogP contribution in [0, 0.1) is 46.3 Å². The topological polar surface area (TPSA) is 64.7 Å². The Morgan fingerprint density at radius 1 is 1.10 bits per heavy atom. The van der Waals surface area contributed by atoms with Crippen molar-refractivity contribution < 1.29 is 4.79 Å². The summed E-state index contributed by atoms with van der Waals surface area (Å²) in [4.78, 5) is 12.4. The molecule has 0 amide bonds. The highest BCUT2D eigenvalue weighted by molar-refractivity contribution is 5.83. The molecule has 0 spiro atoms. The number of hydrogen-bond acceptors (Lipinski definition) is 3. The van der Waals surface area contributed by atoms with Gasteiger partial charge in [0.15, 0.2) is 0 Å². The predicted octanol–water partition coefficient (Wildman–Crippen LogP) is 3.08. The van der Waals surface area contributed by atoms with Crippen LogP contribution in [-0.4, -0.2) is 5.78 Å². The maximum atomic E-state index is 12.4. The molecule has 2 fully saturated rings. The van der Waals surface area contributed by atoms with E-state index in [0.717, 1.165) is 24.8 Å². The Morgan fingerprint density at radius 2 is 1.80 bits per heavy atom. The van der Waals surface area contributed by atoms with Crippen molar-refractivity contribution in [1.82, 2.24) is 0 Å². The fourth-order valence-corrected chi connectivity index (χ4v) is 4.01. The maximum absolute atomic E-state index is 12.4. The highest BCUT2D eigenvalue weighted by Gasteiger charge is 2.43. The van der Waals surface area contributed by atoms with Crippen molar-refractivity contribution in [2.24, 2.45) is 23.7 Å². The number of nitriles is 2. The summed E-state index contributed by atoms with van der Waals surface area (Å²) in [7, 11) is 0. The van der Waals surface area contributed by atoms with Crippen molar-refractivity contribution in [3.05, 3.63) is 35.5 Å². The summed E-state index contributed by atoms with van der Waals surface area (Å²) in [5, 5.41) is 18.6. The molecule has 4 bridgehead atoms. The van der Waals surface area contributed by atoms with E-state index in [1.807, 2.05) is 30.4 Å². The first-order valence-electron chi connectivity index (χ1n) is 7.18. The molecule has 0 N–H and O–H groups in total. The van der Waals surface area contributed by atoms with Gasteiger partial charge in [-0.3, -0.25) is 4.79 Å². The van der Waals surface area contributed by atoms with Gasteiger partial charge < -0.3 is 0 Å². The Kier molecular flexibility index (Phi) is 3.28. The lowest BCUT2D eigenvalue weighted by atomic mass is 9.72. The molecule has 100 valence electrons. The van der Waals surface area contributed by atoms with Crippen molar-refractivity contribution in [2.75, 3.05) is 0 Å². The zero-order valence-corrected chi connectivity index (χ0v) is 11.2. The fourth-order valence-electron chi connectivity index (χ4n) is 4.01. The zero-order valence-electron chi connectivity index (χ0n) is 11.2. The Morgan fingerprint density at radius 3 is 2.50 bits per heavy atom. The zero-order chi connectivity index (χ0) is 14.1. The van der Waals surface area contributed by atoms with Crippen LogP contribution in [0.5, 0.6) is 0 Å². The van der Waals surface area contributed by atoms with Crippen molar-refractivity contribution >= 4 is 5.78 Å². The number of fused-ring (bicyclic) bond motifs is 7. The second-order valence-corrected chi connectivity index (χ2v) is 5.84. The van der Waals surface area contributed by atoms with Gasteiger partial charge in [-0.05, 0) is 24.3 Å². The van der Waals surface area contributed by atoms with Crippen LogP contribution in [0.1, 0.15) is 25.7 Å². The molecule has 0 aromatic heterocycles. The van der Waals surface area contributed by atoms with E-state index < -0.39 is 0 Å². The summed E-state index contributed by atoms with van der Waals surface area (Å²) < 4.78 is 0. The van der Waals surface area contributed by atoms with Crippen molar-refractivity contribution in [1.29, 1.82) is 10.5 Å². The first-order valence-corrected chi connectivity index (χ1v) is 7.18. The monoisotopic (exact) mass is 264 g/mol. The van der Waals surface area contributed by atoms with Gasteiger partial charge in [0.2, 0.25) is 0 Å². The Labute approximate surface area is 118 Å². The van der Waals surface area contributed by atoms with Gasteiger partial charge in [-0.2, -0.15) is 10.5 Å². The van der Waals surface area contributed by atoms with Crippen LogP contribution in [-0.2, 0) is 4.79 Å². The molecular weight excluding hydrogens is 248 g/mol. The molecule has 0 radical (unpaired) electrons. The molecule has 3 heteroatoms. The summed E-state index contributed by atoms with van der Waals surface area (Å²) in [6, 6.07) is 4.10. The highest BCUT2D eigenvalue weighted by atomic mass is 16.1. The predicted molar refractivity (Wildman–Crippen MR) is 74.0 cm³/mol. The number of rotatable bonds is 0. The van der Waals surface area contributed by atoms with Crippen LogP contribution in [0.15, 0.2) is 35.5 Å². The van der Waals surface area contributed by atoms with Crippen molar-refractivity contribution in [3.8, 4) is 12.1 Å². The summed E-state index contributed by atoms with van der Waals surface area (Å²) in [5.74, 6) is 0.515. The van der Waals surface area contributed by atoms with Crippen molar-refractivity contribution in [2.45, 2.75) is 25.7 Å². The second-order valence-electron chi connectivity index (χ2n) is 5.84. The summed E-state index contributed by atoms with van der Waals surface area (Å²) in [6.07, 6.45) is 11.6. The van der Waals surface area contributed by atoms with Gasteiger partial charge in [0.25, 0.3) is 0 Å². The van der Waals surface area contributed by atoms with E-state index in [-0.39, 0.29) is 29.2 Å². The van der Waals surface area contributed by atoms with Gasteiger partial charge in [0.05, 0.1) is 0 Å². The number of hydrogen-bond donors (Lipinski definition) is 0. The minimum atomic E-state index is -0.0675. The Hall–Kier alpha value is -2.13. The minimum absolute atomic E-state index is 0.0483. The molecule has 3 nitrogen and oxygen atoms in total. The van der Waals surface area contributed by atoms with Crippen LogP contribution in [0.2, 0.25) is 0 Å². The molecule has 0 aromatic carbocycles. The quantitative estimate of drug-likeness (QED) is 0.631. The van der Waals surface area contributed by atoms with E-state index in [4.69, 9.17) is 0 Å². The van der Waals surface area contributed by atoms with Gasteiger partial charge in [-0.1, -0.05) is 30.7 Å². The Balaban J connectivity index is 2.24. The molecule has 0 saturated heterocycles. The number of carbonyl (C=O) groups excluding carboxylic acids is 1. The van der Waals surface area contributed by atoms with Gasteiger partial charge in [0, 0.05) is 24.2 Å². The average molecular weight is 264 g/mol. The lowest BCUT2D eigenvalue weighted by Crippen LogP contribution is -2.24. The van der Waals surface area contributed by atoms with Gasteiger partial charge in [-0.25, -0.2) is 0 Å². The van der Waals surface area contributed by atoms with Gasteiger partial charge in [-0.15, -0.1) is 0 Å². The van der Waals surface area contributed by atoms with E-state index in [9.17, 15) is 15.3 Å². The lowest BCUT2D eigenvalue weighted by molar-refractivity contribution is -0.123. The number of carbonyl (C=O) groups is 1. The minimum Gasteiger partial charge on any atom is -0.299 e. The van der Waals surface area contributed by atoms with E-state index in [1.165, 1.54) is 0 Å². The van der Waals surface area contributed by atoms with E-state index in [2.05, 4.69) is 6.08 Å². The molecule has 3 aliphatic carbocycles. The van der Waals surface area contributed by atoms with Crippen molar-refractivity contribution in [3.63, 3.8) is 0 Å². The molecule has 0 aliphatic heterocycles. The number of ketones is 1. The first-order chi connectivity index (χ1) is 9.76. The molecule has 4 atom stereocenters. The van der Waals surface area contributed by atoms with E-state index in [0.29, 0.717) is 12.2 Å². The number of Topliss-reactive ketones (excluding diaryl/α,β-unsaturated/α-hetero) is 1. The molecule has 3 rings (SSSR count). The van der Waals surface area contributed by atoms with Crippen LogP contribution in [0.4, 0.5) is 0 Å². The highest BCUT2D eigenvalue weighted by Crippen LogP contribution is 2.48. The SMILES string of the molecule is N#CC(C#N)=C1[C@H]2C=CC=C[C@@H]1[C@@H]1CCC[C@H]2C(=O)C1. The van der Waals surface area contributed by atoms with E-state index >= 15 is 0 Å². The Bertz CT molecular complexity index is 596. The molecular formula is C17H16N2O. The normalized spacial score (nSPS) is 34.7. The third-order valence-corrected chi connectivity index (χ3v) is 4.89. The van der Waals surface area contributed by atoms with Crippen LogP contribution in [0.25, 0.3) is 0 Å². The fraction of sp³-hybridized carbons (Fsp3) is 0.471.